The van der Waals surface area contributed by atoms with Crippen LogP contribution in [0.1, 0.15) is 15.9 Å². The number of hydrogen-bond donors (Lipinski definition) is 0. The summed E-state index contributed by atoms with van der Waals surface area (Å²) in [5.74, 6) is -0.392. The lowest BCUT2D eigenvalue weighted by atomic mass is 10.0. The van der Waals surface area contributed by atoms with Crippen molar-refractivity contribution in [3.63, 3.8) is 0 Å². The summed E-state index contributed by atoms with van der Waals surface area (Å²) in [4.78, 5) is 12.0. The summed E-state index contributed by atoms with van der Waals surface area (Å²) in [6, 6.07) is 10.2. The number of carbonyl (C=O) groups excluding carboxylic acids is 1. The van der Waals surface area contributed by atoms with E-state index in [0.29, 0.717) is 0 Å². The lowest BCUT2D eigenvalue weighted by Gasteiger charge is -2.03. The molecule has 0 heterocycles. The van der Waals surface area contributed by atoms with Gasteiger partial charge < -0.3 is 0 Å². The van der Waals surface area contributed by atoms with Gasteiger partial charge in [0.15, 0.2) is 5.78 Å². The fraction of sp³-hybridized carbons (Fsp3) is 0. The number of ketones is 1. The van der Waals surface area contributed by atoms with Gasteiger partial charge in [0.05, 0.1) is 9.79 Å². The number of halogens is 2. The molecule has 0 radical (unpaired) electrons. The van der Waals surface area contributed by atoms with Crippen LogP contribution in [0.15, 0.2) is 58.3 Å². The Labute approximate surface area is 136 Å². The van der Waals surface area contributed by atoms with Crippen LogP contribution in [0, 0.1) is 0 Å². The summed E-state index contributed by atoms with van der Waals surface area (Å²) in [5, 5.41) is 0. The minimum Gasteiger partial charge on any atom is -0.289 e. The molecule has 9 heteroatoms. The van der Waals surface area contributed by atoms with E-state index < -0.39 is 23.9 Å². The first kappa shape index (κ1) is 17.0. The van der Waals surface area contributed by atoms with Gasteiger partial charge in [0.2, 0.25) is 0 Å². The highest BCUT2D eigenvalue weighted by Gasteiger charge is 2.15. The van der Waals surface area contributed by atoms with Crippen molar-refractivity contribution in [2.45, 2.75) is 9.79 Å². The molecule has 5 nitrogen and oxygen atoms in total. The summed E-state index contributed by atoms with van der Waals surface area (Å²) in [5.41, 5.74) is 0.482. The molecule has 0 aliphatic rings. The molecule has 2 aromatic carbocycles. The minimum absolute atomic E-state index is 0.116. The monoisotopic (exact) mass is 378 g/mol. The summed E-state index contributed by atoms with van der Waals surface area (Å²) in [7, 11) is 2.67. The predicted molar refractivity (Wildman–Crippen MR) is 82.4 cm³/mol. The van der Waals surface area contributed by atoms with Crippen molar-refractivity contribution >= 4 is 45.2 Å². The zero-order valence-corrected chi connectivity index (χ0v) is 13.9. The highest BCUT2D eigenvalue weighted by atomic mass is 35.7. The largest absolute Gasteiger partial charge is 0.289 e. The normalized spacial score (nSPS) is 12.1. The first-order valence-electron chi connectivity index (χ1n) is 5.73. The van der Waals surface area contributed by atoms with Gasteiger partial charge in [-0.25, -0.2) is 16.8 Å². The smallest absolute Gasteiger partial charge is 0.261 e. The van der Waals surface area contributed by atoms with Gasteiger partial charge in [-0.05, 0) is 48.5 Å². The first-order valence-corrected chi connectivity index (χ1v) is 10.3. The summed E-state index contributed by atoms with van der Waals surface area (Å²) < 4.78 is 44.5. The Balaban J connectivity index is 2.32. The zero-order chi connectivity index (χ0) is 16.5. The third-order valence-corrected chi connectivity index (χ3v) is 5.54. The first-order chi connectivity index (χ1) is 10.1. The quantitative estimate of drug-likeness (QED) is 0.602. The van der Waals surface area contributed by atoms with E-state index in [4.69, 9.17) is 21.4 Å². The average molecular weight is 379 g/mol. The van der Waals surface area contributed by atoms with E-state index in [1.54, 1.807) is 0 Å². The van der Waals surface area contributed by atoms with Gasteiger partial charge in [-0.3, -0.25) is 4.79 Å². The van der Waals surface area contributed by atoms with Crippen LogP contribution in [0.5, 0.6) is 0 Å². The van der Waals surface area contributed by atoms with Crippen LogP contribution in [0.4, 0.5) is 0 Å². The molecular formula is C13H8Cl2O5S2. The number of carbonyl (C=O) groups is 1. The number of rotatable bonds is 4. The maximum atomic E-state index is 12.2. The SMILES string of the molecule is O=C(c1ccc(S(=O)(=O)Cl)cc1)c1ccc(S(=O)(=O)Cl)cc1. The topological polar surface area (TPSA) is 85.3 Å². The Morgan fingerprint density at radius 3 is 1.14 bits per heavy atom. The Morgan fingerprint density at radius 2 is 0.909 bits per heavy atom. The summed E-state index contributed by atoms with van der Waals surface area (Å²) in [6.45, 7) is 0. The fourth-order valence-corrected chi connectivity index (χ4v) is 3.24. The highest BCUT2D eigenvalue weighted by Crippen LogP contribution is 2.19. The van der Waals surface area contributed by atoms with Gasteiger partial charge >= 0.3 is 0 Å². The molecule has 2 aromatic rings. The van der Waals surface area contributed by atoms with Crippen molar-refractivity contribution in [3.8, 4) is 0 Å². The van der Waals surface area contributed by atoms with Crippen LogP contribution >= 0.6 is 21.4 Å². The van der Waals surface area contributed by atoms with E-state index in [1.807, 2.05) is 0 Å². The molecule has 0 aliphatic heterocycles. The van der Waals surface area contributed by atoms with E-state index in [1.165, 1.54) is 48.5 Å². The summed E-state index contributed by atoms with van der Waals surface area (Å²) >= 11 is 0. The van der Waals surface area contributed by atoms with Gasteiger partial charge in [-0.1, -0.05) is 0 Å². The predicted octanol–water partition coefficient (Wildman–Crippen LogP) is 2.77. The van der Waals surface area contributed by atoms with Crippen molar-refractivity contribution < 1.29 is 21.6 Å². The number of benzene rings is 2. The molecule has 0 saturated heterocycles. The lowest BCUT2D eigenvalue weighted by molar-refractivity contribution is 0.103. The second-order valence-corrected chi connectivity index (χ2v) is 9.39. The van der Waals surface area contributed by atoms with Gasteiger partial charge in [-0.15, -0.1) is 0 Å². The van der Waals surface area contributed by atoms with E-state index in [0.717, 1.165) is 0 Å². The molecule has 0 fully saturated rings. The second-order valence-electron chi connectivity index (χ2n) is 4.25. The standard InChI is InChI=1S/C13H8Cl2O5S2/c14-21(17,18)11-5-1-9(2-6-11)13(16)10-3-7-12(8-4-10)22(15,19)20/h1-8H. The molecule has 0 unspecified atom stereocenters. The van der Waals surface area contributed by atoms with Crippen LogP contribution in [-0.4, -0.2) is 22.6 Å². The molecule has 0 aliphatic carbocycles. The molecule has 0 aromatic heterocycles. The van der Waals surface area contributed by atoms with Crippen molar-refractivity contribution in [3.05, 3.63) is 59.7 Å². The van der Waals surface area contributed by atoms with E-state index in [9.17, 15) is 21.6 Å². The van der Waals surface area contributed by atoms with Gasteiger partial charge in [-0.2, -0.15) is 0 Å². The van der Waals surface area contributed by atoms with Crippen molar-refractivity contribution in [2.75, 3.05) is 0 Å². The summed E-state index contributed by atoms with van der Waals surface area (Å²) in [6.07, 6.45) is 0. The van der Waals surface area contributed by atoms with Crippen molar-refractivity contribution in [2.24, 2.45) is 0 Å². The van der Waals surface area contributed by atoms with Crippen LogP contribution < -0.4 is 0 Å². The molecule has 0 atom stereocenters. The minimum atomic E-state index is -3.85. The average Bonchev–Trinajstić information content (AvgIpc) is 2.45. The molecule has 0 N–H and O–H groups in total. The molecule has 0 spiro atoms. The molecular weight excluding hydrogens is 371 g/mol. The molecule has 0 saturated carbocycles. The van der Waals surface area contributed by atoms with Crippen LogP contribution in [-0.2, 0) is 18.1 Å². The van der Waals surface area contributed by atoms with Crippen molar-refractivity contribution in [1.29, 1.82) is 0 Å². The number of hydrogen-bond acceptors (Lipinski definition) is 5. The third kappa shape index (κ3) is 3.86. The van der Waals surface area contributed by atoms with Crippen LogP contribution in [0.2, 0.25) is 0 Å². The van der Waals surface area contributed by atoms with E-state index in [-0.39, 0.29) is 20.9 Å². The molecule has 116 valence electrons. The van der Waals surface area contributed by atoms with Crippen molar-refractivity contribution in [1.82, 2.24) is 0 Å². The maximum absolute atomic E-state index is 12.2. The molecule has 22 heavy (non-hydrogen) atoms. The van der Waals surface area contributed by atoms with Crippen LogP contribution in [0.25, 0.3) is 0 Å². The maximum Gasteiger partial charge on any atom is 0.261 e. The zero-order valence-electron chi connectivity index (χ0n) is 10.7. The third-order valence-electron chi connectivity index (χ3n) is 2.80. The van der Waals surface area contributed by atoms with Gasteiger partial charge in [0.25, 0.3) is 18.1 Å². The van der Waals surface area contributed by atoms with E-state index in [2.05, 4.69) is 0 Å². The van der Waals surface area contributed by atoms with Crippen LogP contribution in [0.3, 0.4) is 0 Å². The Bertz CT molecular complexity index is 838. The Hall–Kier alpha value is -1.41. The lowest BCUT2D eigenvalue weighted by Crippen LogP contribution is -2.02. The Kier molecular flexibility index (Phi) is 4.62. The second kappa shape index (κ2) is 6.00. The molecule has 2 rings (SSSR count). The molecule has 0 bridgehead atoms. The fourth-order valence-electron chi connectivity index (χ4n) is 1.70. The molecule has 0 amide bonds. The van der Waals surface area contributed by atoms with E-state index >= 15 is 0 Å². The van der Waals surface area contributed by atoms with Gasteiger partial charge in [0, 0.05) is 32.5 Å². The highest BCUT2D eigenvalue weighted by molar-refractivity contribution is 8.14. The Morgan fingerprint density at radius 1 is 0.636 bits per heavy atom. The van der Waals surface area contributed by atoms with Gasteiger partial charge in [0.1, 0.15) is 0 Å².